The smallest absolute Gasteiger partial charge is 0.126 e. The van der Waals surface area contributed by atoms with Crippen LogP contribution >= 0.6 is 0 Å². The first-order chi connectivity index (χ1) is 8.20. The van der Waals surface area contributed by atoms with Gasteiger partial charge in [-0.25, -0.2) is 4.39 Å². The van der Waals surface area contributed by atoms with Crippen LogP contribution in [-0.2, 0) is 6.42 Å². The van der Waals surface area contributed by atoms with E-state index in [1.807, 2.05) is 30.3 Å². The monoisotopic (exact) mass is 230 g/mol. The van der Waals surface area contributed by atoms with E-state index in [0.717, 1.165) is 16.7 Å². The predicted octanol–water partition coefficient (Wildman–Crippen LogP) is 3.34. The van der Waals surface area contributed by atoms with Crippen LogP contribution in [0.15, 0.2) is 42.5 Å². The summed E-state index contributed by atoms with van der Waals surface area (Å²) in [6.45, 7) is 1.90. The molecular formula is C15H15FO. The van der Waals surface area contributed by atoms with E-state index in [2.05, 4.69) is 0 Å². The van der Waals surface area contributed by atoms with Crippen molar-refractivity contribution in [2.75, 3.05) is 6.61 Å². The van der Waals surface area contributed by atoms with Crippen molar-refractivity contribution in [1.82, 2.24) is 0 Å². The quantitative estimate of drug-likeness (QED) is 0.857. The van der Waals surface area contributed by atoms with Crippen LogP contribution in [0.5, 0.6) is 0 Å². The van der Waals surface area contributed by atoms with Gasteiger partial charge in [-0.2, -0.15) is 0 Å². The van der Waals surface area contributed by atoms with Crippen LogP contribution in [0, 0.1) is 12.7 Å². The minimum atomic E-state index is -0.179. The number of hydrogen-bond acceptors (Lipinski definition) is 1. The molecule has 0 aliphatic rings. The van der Waals surface area contributed by atoms with Crippen molar-refractivity contribution in [2.24, 2.45) is 0 Å². The average Bonchev–Trinajstić information content (AvgIpc) is 2.34. The Morgan fingerprint density at radius 1 is 1.00 bits per heavy atom. The first-order valence-corrected chi connectivity index (χ1v) is 5.67. The maximum absolute atomic E-state index is 13.4. The molecule has 0 atom stereocenters. The van der Waals surface area contributed by atoms with Crippen LogP contribution in [0.1, 0.15) is 11.1 Å². The van der Waals surface area contributed by atoms with Crippen LogP contribution in [0.2, 0.25) is 0 Å². The summed E-state index contributed by atoms with van der Waals surface area (Å²) >= 11 is 0. The van der Waals surface area contributed by atoms with Crippen molar-refractivity contribution >= 4 is 0 Å². The number of aryl methyl sites for hydroxylation is 1. The molecule has 1 nitrogen and oxygen atoms in total. The maximum atomic E-state index is 13.4. The van der Waals surface area contributed by atoms with Gasteiger partial charge >= 0.3 is 0 Å². The number of benzene rings is 2. The third kappa shape index (κ3) is 2.71. The minimum absolute atomic E-state index is 0.151. The largest absolute Gasteiger partial charge is 0.396 e. The van der Waals surface area contributed by atoms with Gasteiger partial charge in [0.05, 0.1) is 0 Å². The zero-order valence-corrected chi connectivity index (χ0v) is 9.78. The number of rotatable bonds is 3. The van der Waals surface area contributed by atoms with Crippen LogP contribution < -0.4 is 0 Å². The summed E-state index contributed by atoms with van der Waals surface area (Å²) in [6, 6.07) is 13.1. The van der Waals surface area contributed by atoms with Gasteiger partial charge in [0, 0.05) is 6.61 Å². The van der Waals surface area contributed by atoms with E-state index in [1.165, 1.54) is 0 Å². The third-order valence-electron chi connectivity index (χ3n) is 2.86. The molecule has 88 valence electrons. The molecule has 0 amide bonds. The number of aliphatic hydroxyl groups excluding tert-OH is 1. The third-order valence-corrected chi connectivity index (χ3v) is 2.86. The van der Waals surface area contributed by atoms with Gasteiger partial charge in [-0.15, -0.1) is 0 Å². The van der Waals surface area contributed by atoms with Crippen molar-refractivity contribution in [3.05, 3.63) is 59.4 Å². The van der Waals surface area contributed by atoms with Crippen LogP contribution in [0.3, 0.4) is 0 Å². The summed E-state index contributed by atoms with van der Waals surface area (Å²) in [7, 11) is 0. The summed E-state index contributed by atoms with van der Waals surface area (Å²) in [5.74, 6) is -0.179. The molecule has 2 aromatic rings. The van der Waals surface area contributed by atoms with Crippen LogP contribution in [0.4, 0.5) is 4.39 Å². The summed E-state index contributed by atoms with van der Waals surface area (Å²) in [5.41, 5.74) is 3.61. The summed E-state index contributed by atoms with van der Waals surface area (Å²) < 4.78 is 13.4. The van der Waals surface area contributed by atoms with Gasteiger partial charge in [0.25, 0.3) is 0 Å². The molecule has 0 bridgehead atoms. The molecule has 0 aliphatic heterocycles. The molecule has 2 rings (SSSR count). The molecule has 0 saturated heterocycles. The Kier molecular flexibility index (Phi) is 3.55. The fraction of sp³-hybridized carbons (Fsp3) is 0.200. The molecule has 2 heteroatoms. The molecule has 2 aromatic carbocycles. The van der Waals surface area contributed by atoms with Gasteiger partial charge in [0.1, 0.15) is 5.82 Å². The summed E-state index contributed by atoms with van der Waals surface area (Å²) in [5, 5.41) is 8.82. The van der Waals surface area contributed by atoms with E-state index in [-0.39, 0.29) is 12.4 Å². The van der Waals surface area contributed by atoms with Crippen LogP contribution in [-0.4, -0.2) is 11.7 Å². The topological polar surface area (TPSA) is 20.2 Å². The summed E-state index contributed by atoms with van der Waals surface area (Å²) in [6.07, 6.45) is 0.655. The SMILES string of the molecule is Cc1ccc(-c2ccc(CCO)cc2)cc1F. The molecule has 0 aromatic heterocycles. The number of halogens is 1. The second-order valence-corrected chi connectivity index (χ2v) is 4.13. The van der Waals surface area contributed by atoms with E-state index in [1.54, 1.807) is 19.1 Å². The van der Waals surface area contributed by atoms with Crippen molar-refractivity contribution in [3.8, 4) is 11.1 Å². The molecule has 0 saturated carbocycles. The van der Waals surface area contributed by atoms with Crippen LogP contribution in [0.25, 0.3) is 11.1 Å². The molecule has 0 unspecified atom stereocenters. The van der Waals surface area contributed by atoms with E-state index in [9.17, 15) is 4.39 Å². The number of aliphatic hydroxyl groups is 1. The minimum Gasteiger partial charge on any atom is -0.396 e. The lowest BCUT2D eigenvalue weighted by atomic mass is 10.0. The molecule has 0 spiro atoms. The van der Waals surface area contributed by atoms with Crippen molar-refractivity contribution in [1.29, 1.82) is 0 Å². The van der Waals surface area contributed by atoms with Crippen molar-refractivity contribution < 1.29 is 9.50 Å². The molecule has 1 N–H and O–H groups in total. The highest BCUT2D eigenvalue weighted by atomic mass is 19.1. The molecular weight excluding hydrogens is 215 g/mol. The van der Waals surface area contributed by atoms with Gasteiger partial charge in [0.15, 0.2) is 0 Å². The fourth-order valence-corrected chi connectivity index (χ4v) is 1.77. The number of hydrogen-bond donors (Lipinski definition) is 1. The fourth-order valence-electron chi connectivity index (χ4n) is 1.77. The average molecular weight is 230 g/mol. The van der Waals surface area contributed by atoms with Gasteiger partial charge in [-0.05, 0) is 41.7 Å². The zero-order valence-electron chi connectivity index (χ0n) is 9.78. The Hall–Kier alpha value is -1.67. The van der Waals surface area contributed by atoms with Gasteiger partial charge in [0.2, 0.25) is 0 Å². The highest BCUT2D eigenvalue weighted by Gasteiger charge is 2.02. The molecule has 0 heterocycles. The summed E-state index contributed by atoms with van der Waals surface area (Å²) in [4.78, 5) is 0. The lowest BCUT2D eigenvalue weighted by Crippen LogP contribution is -1.90. The van der Waals surface area contributed by atoms with Crippen molar-refractivity contribution in [3.63, 3.8) is 0 Å². The van der Waals surface area contributed by atoms with E-state index in [4.69, 9.17) is 5.11 Å². The molecule has 0 radical (unpaired) electrons. The zero-order chi connectivity index (χ0) is 12.3. The highest BCUT2D eigenvalue weighted by molar-refractivity contribution is 5.64. The standard InChI is InChI=1S/C15H15FO/c1-11-2-5-14(10-15(11)16)13-6-3-12(4-7-13)8-9-17/h2-7,10,17H,8-9H2,1H3. The molecule has 0 aliphatic carbocycles. The first kappa shape index (κ1) is 11.8. The Morgan fingerprint density at radius 2 is 1.65 bits per heavy atom. The Morgan fingerprint density at radius 3 is 2.24 bits per heavy atom. The van der Waals surface area contributed by atoms with Gasteiger partial charge in [-0.3, -0.25) is 0 Å². The van der Waals surface area contributed by atoms with Gasteiger partial charge in [-0.1, -0.05) is 36.4 Å². The highest BCUT2D eigenvalue weighted by Crippen LogP contribution is 2.22. The van der Waals surface area contributed by atoms with E-state index < -0.39 is 0 Å². The maximum Gasteiger partial charge on any atom is 0.126 e. The Balaban J connectivity index is 2.30. The Bertz CT molecular complexity index is 503. The predicted molar refractivity (Wildman–Crippen MR) is 67.4 cm³/mol. The Labute approximate surface area is 101 Å². The normalized spacial score (nSPS) is 10.5. The first-order valence-electron chi connectivity index (χ1n) is 5.67. The van der Waals surface area contributed by atoms with E-state index in [0.29, 0.717) is 12.0 Å². The lowest BCUT2D eigenvalue weighted by molar-refractivity contribution is 0.299. The van der Waals surface area contributed by atoms with Crippen molar-refractivity contribution in [2.45, 2.75) is 13.3 Å². The molecule has 0 fully saturated rings. The second kappa shape index (κ2) is 5.11. The lowest BCUT2D eigenvalue weighted by Gasteiger charge is -2.05. The second-order valence-electron chi connectivity index (χ2n) is 4.13. The van der Waals surface area contributed by atoms with E-state index >= 15 is 0 Å². The van der Waals surface area contributed by atoms with Gasteiger partial charge < -0.3 is 5.11 Å². The molecule has 17 heavy (non-hydrogen) atoms.